The zero-order chi connectivity index (χ0) is 20.6. The van der Waals surface area contributed by atoms with E-state index in [2.05, 4.69) is 12.4 Å². The molecule has 3 nitrogen and oxygen atoms in total. The standard InChI is InChI=1S/C23H37Cl2NO2/c1-3-5-6-7-8-9-10-11-15-18-21(25)22(20(24)4-2)26-28-23(27)19-16-13-12-14-17-19/h12-14,16-17,20-22,26H,3-11,15,18H2,1-2H3. The Labute approximate surface area is 181 Å². The molecule has 0 radical (unpaired) electrons. The summed E-state index contributed by atoms with van der Waals surface area (Å²) in [5.74, 6) is -0.419. The molecule has 0 bridgehead atoms. The highest BCUT2D eigenvalue weighted by atomic mass is 35.5. The Morgan fingerprint density at radius 2 is 1.46 bits per heavy atom. The van der Waals surface area contributed by atoms with Crippen molar-refractivity contribution in [2.24, 2.45) is 0 Å². The van der Waals surface area contributed by atoms with E-state index in [0.29, 0.717) is 5.56 Å². The minimum absolute atomic E-state index is 0.171. The van der Waals surface area contributed by atoms with E-state index in [4.69, 9.17) is 28.0 Å². The summed E-state index contributed by atoms with van der Waals surface area (Å²) in [5, 5.41) is -0.361. The predicted molar refractivity (Wildman–Crippen MR) is 120 cm³/mol. The maximum Gasteiger partial charge on any atom is 0.356 e. The van der Waals surface area contributed by atoms with Gasteiger partial charge in [-0.2, -0.15) is 0 Å². The second-order valence-electron chi connectivity index (χ2n) is 7.46. The van der Waals surface area contributed by atoms with Crippen LogP contribution in [-0.4, -0.2) is 22.8 Å². The van der Waals surface area contributed by atoms with Gasteiger partial charge < -0.3 is 4.84 Å². The predicted octanol–water partition coefficient (Wildman–Crippen LogP) is 7.26. The number of halogens is 2. The van der Waals surface area contributed by atoms with Crippen LogP contribution in [0.25, 0.3) is 0 Å². The Kier molecular flexibility index (Phi) is 14.5. The van der Waals surface area contributed by atoms with Gasteiger partial charge >= 0.3 is 5.97 Å². The van der Waals surface area contributed by atoms with Crippen LogP contribution in [0.4, 0.5) is 0 Å². The van der Waals surface area contributed by atoms with Crippen molar-refractivity contribution in [2.75, 3.05) is 0 Å². The first-order valence-corrected chi connectivity index (χ1v) is 11.8. The van der Waals surface area contributed by atoms with Gasteiger partial charge in [-0.05, 0) is 25.0 Å². The normalized spacial score (nSPS) is 14.4. The van der Waals surface area contributed by atoms with Crippen molar-refractivity contribution in [3.8, 4) is 0 Å². The van der Waals surface area contributed by atoms with Crippen LogP contribution >= 0.6 is 23.2 Å². The van der Waals surface area contributed by atoms with Crippen LogP contribution in [0.5, 0.6) is 0 Å². The summed E-state index contributed by atoms with van der Waals surface area (Å²) < 4.78 is 0. The Morgan fingerprint density at radius 1 is 0.893 bits per heavy atom. The molecule has 28 heavy (non-hydrogen) atoms. The van der Waals surface area contributed by atoms with E-state index in [9.17, 15) is 4.79 Å². The number of carbonyl (C=O) groups is 1. The zero-order valence-electron chi connectivity index (χ0n) is 17.5. The van der Waals surface area contributed by atoms with Crippen molar-refractivity contribution in [1.29, 1.82) is 0 Å². The van der Waals surface area contributed by atoms with Gasteiger partial charge in [-0.25, -0.2) is 4.79 Å². The maximum absolute atomic E-state index is 12.1. The quantitative estimate of drug-likeness (QED) is 0.170. The van der Waals surface area contributed by atoms with Crippen molar-refractivity contribution >= 4 is 29.2 Å². The number of alkyl halides is 2. The molecule has 1 rings (SSSR count). The SMILES string of the molecule is CCCCCCCCCCCC(Cl)C(NOC(=O)c1ccccc1)C(Cl)CC. The molecule has 0 fully saturated rings. The molecule has 1 N–H and O–H groups in total. The first-order valence-electron chi connectivity index (χ1n) is 10.9. The number of hydroxylamine groups is 1. The van der Waals surface area contributed by atoms with E-state index in [1.54, 1.807) is 24.3 Å². The molecule has 3 atom stereocenters. The van der Waals surface area contributed by atoms with Gasteiger partial charge in [0.15, 0.2) is 0 Å². The minimum Gasteiger partial charge on any atom is -0.366 e. The van der Waals surface area contributed by atoms with Crippen LogP contribution in [0, 0.1) is 0 Å². The molecule has 5 heteroatoms. The van der Waals surface area contributed by atoms with Crippen molar-refractivity contribution in [3.63, 3.8) is 0 Å². The van der Waals surface area contributed by atoms with Gasteiger partial charge in [0.25, 0.3) is 0 Å². The maximum atomic E-state index is 12.1. The van der Waals surface area contributed by atoms with Crippen molar-refractivity contribution in [2.45, 2.75) is 101 Å². The van der Waals surface area contributed by atoms with Crippen LogP contribution < -0.4 is 5.48 Å². The summed E-state index contributed by atoms with van der Waals surface area (Å²) in [6, 6.07) is 8.64. The lowest BCUT2D eigenvalue weighted by Gasteiger charge is -2.26. The molecule has 0 spiro atoms. The van der Waals surface area contributed by atoms with Crippen LogP contribution in [0.15, 0.2) is 30.3 Å². The number of carbonyl (C=O) groups excluding carboxylic acids is 1. The van der Waals surface area contributed by atoms with Crippen molar-refractivity contribution in [3.05, 3.63) is 35.9 Å². The van der Waals surface area contributed by atoms with E-state index in [0.717, 1.165) is 19.3 Å². The Hall–Kier alpha value is -0.770. The summed E-state index contributed by atoms with van der Waals surface area (Å²) in [5.41, 5.74) is 3.34. The molecule has 0 aromatic heterocycles. The third-order valence-electron chi connectivity index (χ3n) is 5.05. The topological polar surface area (TPSA) is 38.3 Å². The molecule has 0 aliphatic heterocycles. The molecule has 160 valence electrons. The molecular weight excluding hydrogens is 393 g/mol. The van der Waals surface area contributed by atoms with E-state index >= 15 is 0 Å². The summed E-state index contributed by atoms with van der Waals surface area (Å²) in [7, 11) is 0. The fraction of sp³-hybridized carbons (Fsp3) is 0.696. The lowest BCUT2D eigenvalue weighted by Crippen LogP contribution is -2.45. The van der Waals surface area contributed by atoms with Gasteiger partial charge in [-0.3, -0.25) is 0 Å². The van der Waals surface area contributed by atoms with Gasteiger partial charge in [-0.1, -0.05) is 89.8 Å². The lowest BCUT2D eigenvalue weighted by molar-refractivity contribution is 0.0141. The first kappa shape index (κ1) is 25.3. The molecule has 1 aromatic carbocycles. The number of hydrogen-bond acceptors (Lipinski definition) is 3. The molecule has 0 aliphatic rings. The molecule has 0 saturated heterocycles. The van der Waals surface area contributed by atoms with Crippen molar-refractivity contribution < 1.29 is 9.63 Å². The highest BCUT2D eigenvalue weighted by Gasteiger charge is 2.27. The van der Waals surface area contributed by atoms with E-state index in [1.165, 1.54) is 51.4 Å². The van der Waals surface area contributed by atoms with Gasteiger partial charge in [0.1, 0.15) is 0 Å². The molecule has 0 amide bonds. The largest absolute Gasteiger partial charge is 0.366 e. The summed E-state index contributed by atoms with van der Waals surface area (Å²) in [6.07, 6.45) is 13.1. The Bertz CT molecular complexity index is 513. The molecule has 3 unspecified atom stereocenters. The van der Waals surface area contributed by atoms with Crippen LogP contribution in [0.3, 0.4) is 0 Å². The van der Waals surface area contributed by atoms with Crippen LogP contribution in [0.1, 0.15) is 94.8 Å². The molecular formula is C23H37Cl2NO2. The second kappa shape index (κ2) is 16.1. The third kappa shape index (κ3) is 10.7. The molecule has 0 saturated carbocycles. The van der Waals surface area contributed by atoms with Gasteiger partial charge in [0.2, 0.25) is 0 Å². The fourth-order valence-corrected chi connectivity index (χ4v) is 3.90. The van der Waals surface area contributed by atoms with E-state index in [1.807, 2.05) is 13.0 Å². The number of hydrogen-bond donors (Lipinski definition) is 1. The molecule has 0 heterocycles. The van der Waals surface area contributed by atoms with Crippen LogP contribution in [-0.2, 0) is 4.84 Å². The summed E-state index contributed by atoms with van der Waals surface area (Å²) in [4.78, 5) is 17.4. The average Bonchev–Trinajstić information content (AvgIpc) is 2.72. The zero-order valence-corrected chi connectivity index (χ0v) is 19.0. The smallest absolute Gasteiger partial charge is 0.356 e. The minimum atomic E-state index is -0.419. The van der Waals surface area contributed by atoms with E-state index in [-0.39, 0.29) is 16.8 Å². The number of rotatable bonds is 16. The van der Waals surface area contributed by atoms with Crippen molar-refractivity contribution in [1.82, 2.24) is 5.48 Å². The highest BCUT2D eigenvalue weighted by molar-refractivity contribution is 6.24. The van der Waals surface area contributed by atoms with E-state index < -0.39 is 5.97 Å². The Balaban J connectivity index is 2.29. The van der Waals surface area contributed by atoms with Gasteiger partial charge in [0.05, 0.1) is 22.4 Å². The molecule has 1 aromatic rings. The average molecular weight is 430 g/mol. The molecule has 0 aliphatic carbocycles. The lowest BCUT2D eigenvalue weighted by atomic mass is 10.0. The summed E-state index contributed by atoms with van der Waals surface area (Å²) >= 11 is 13.0. The Morgan fingerprint density at radius 3 is 2.04 bits per heavy atom. The first-order chi connectivity index (χ1) is 13.6. The monoisotopic (exact) mass is 429 g/mol. The van der Waals surface area contributed by atoms with Gasteiger partial charge in [-0.15, -0.1) is 28.7 Å². The summed E-state index contributed by atoms with van der Waals surface area (Å²) in [6.45, 7) is 4.25. The van der Waals surface area contributed by atoms with Gasteiger partial charge in [0, 0.05) is 0 Å². The van der Waals surface area contributed by atoms with Crippen LogP contribution in [0.2, 0.25) is 0 Å². The fourth-order valence-electron chi connectivity index (χ4n) is 3.21. The number of nitrogens with one attached hydrogen (secondary N) is 1. The number of benzene rings is 1. The highest BCUT2D eigenvalue weighted by Crippen LogP contribution is 2.21. The number of unbranched alkanes of at least 4 members (excludes halogenated alkanes) is 8. The second-order valence-corrected chi connectivity index (χ2v) is 8.58. The third-order valence-corrected chi connectivity index (χ3v) is 6.12.